The summed E-state index contributed by atoms with van der Waals surface area (Å²) in [5.74, 6) is 0.289. The van der Waals surface area contributed by atoms with Crippen molar-refractivity contribution in [3.8, 4) is 0 Å². The molecule has 0 amide bonds. The van der Waals surface area contributed by atoms with Crippen LogP contribution >= 0.6 is 12.6 Å². The van der Waals surface area contributed by atoms with Crippen molar-refractivity contribution >= 4 is 18.4 Å². The summed E-state index contributed by atoms with van der Waals surface area (Å²) in [6.07, 6.45) is 9.61. The van der Waals surface area contributed by atoms with E-state index in [1.165, 1.54) is 5.57 Å². The van der Waals surface area contributed by atoms with Crippen LogP contribution in [0.1, 0.15) is 25.7 Å². The van der Waals surface area contributed by atoms with Crippen molar-refractivity contribution in [1.82, 2.24) is 0 Å². The molecule has 0 aromatic rings. The van der Waals surface area contributed by atoms with Crippen molar-refractivity contribution in [1.29, 1.82) is 0 Å². The number of hydrogen-bond donors (Lipinski definition) is 1. The van der Waals surface area contributed by atoms with Crippen LogP contribution in [0.5, 0.6) is 0 Å². The van der Waals surface area contributed by atoms with Crippen LogP contribution in [0, 0.1) is 0 Å². The van der Waals surface area contributed by atoms with Crippen LogP contribution in [0.4, 0.5) is 0 Å². The summed E-state index contributed by atoms with van der Waals surface area (Å²) in [6.45, 7) is 0. The molecular formula is C11H12OS. The van der Waals surface area contributed by atoms with E-state index in [-0.39, 0.29) is 5.78 Å². The Morgan fingerprint density at radius 1 is 1.23 bits per heavy atom. The van der Waals surface area contributed by atoms with Crippen molar-refractivity contribution in [3.63, 3.8) is 0 Å². The van der Waals surface area contributed by atoms with E-state index >= 15 is 0 Å². The van der Waals surface area contributed by atoms with Gasteiger partial charge < -0.3 is 0 Å². The van der Waals surface area contributed by atoms with Crippen LogP contribution < -0.4 is 0 Å². The van der Waals surface area contributed by atoms with Crippen molar-refractivity contribution in [2.24, 2.45) is 0 Å². The van der Waals surface area contributed by atoms with Crippen LogP contribution in [0.15, 0.2) is 34.3 Å². The summed E-state index contributed by atoms with van der Waals surface area (Å²) in [7, 11) is 0. The number of ketones is 1. The number of rotatable bonds is 0. The maximum atomic E-state index is 11.5. The highest BCUT2D eigenvalue weighted by Gasteiger charge is 2.19. The third-order valence-corrected chi connectivity index (χ3v) is 2.83. The molecule has 0 atom stereocenters. The van der Waals surface area contributed by atoms with Gasteiger partial charge in [0, 0.05) is 12.0 Å². The first-order valence-corrected chi connectivity index (χ1v) is 5.04. The van der Waals surface area contributed by atoms with Crippen LogP contribution in [0.3, 0.4) is 0 Å². The topological polar surface area (TPSA) is 17.1 Å². The standard InChI is InChI=1S/C11H12OS/c12-11-3-1-2-8-4-5-9(13)6-7-10(8)11/h4,6-7,13H,1-3,5H2. The molecule has 2 heteroatoms. The largest absolute Gasteiger partial charge is 0.294 e. The molecule has 0 saturated heterocycles. The number of allylic oxidation sites excluding steroid dienone is 6. The lowest BCUT2D eigenvalue weighted by Crippen LogP contribution is -2.10. The van der Waals surface area contributed by atoms with Gasteiger partial charge >= 0.3 is 0 Å². The second kappa shape index (κ2) is 3.54. The molecule has 2 rings (SSSR count). The van der Waals surface area contributed by atoms with E-state index in [1.807, 2.05) is 12.2 Å². The lowest BCUT2D eigenvalue weighted by atomic mass is 9.88. The van der Waals surface area contributed by atoms with Gasteiger partial charge in [-0.05, 0) is 29.7 Å². The molecule has 0 heterocycles. The second-order valence-corrected chi connectivity index (χ2v) is 4.02. The molecule has 0 aliphatic heterocycles. The Morgan fingerprint density at radius 3 is 2.92 bits per heavy atom. The fourth-order valence-electron chi connectivity index (χ4n) is 1.78. The zero-order valence-corrected chi connectivity index (χ0v) is 8.31. The van der Waals surface area contributed by atoms with Crippen molar-refractivity contribution in [2.75, 3.05) is 0 Å². The van der Waals surface area contributed by atoms with Gasteiger partial charge in [0.2, 0.25) is 0 Å². The Balaban J connectivity index is 2.38. The van der Waals surface area contributed by atoms with Crippen molar-refractivity contribution < 1.29 is 4.79 Å². The molecule has 68 valence electrons. The minimum Gasteiger partial charge on any atom is -0.294 e. The third-order valence-electron chi connectivity index (χ3n) is 2.50. The number of carbonyl (C=O) groups is 1. The molecule has 0 radical (unpaired) electrons. The Kier molecular flexibility index (Phi) is 2.40. The maximum Gasteiger partial charge on any atom is 0.163 e. The molecule has 0 aromatic carbocycles. The van der Waals surface area contributed by atoms with Gasteiger partial charge in [0.15, 0.2) is 5.78 Å². The summed E-state index contributed by atoms with van der Waals surface area (Å²) in [5, 5.41) is 0. The average Bonchev–Trinajstić information content (AvgIpc) is 2.30. The van der Waals surface area contributed by atoms with Gasteiger partial charge in [-0.2, -0.15) is 0 Å². The van der Waals surface area contributed by atoms with Crippen molar-refractivity contribution in [3.05, 3.63) is 34.3 Å². The van der Waals surface area contributed by atoms with Crippen LogP contribution in [-0.2, 0) is 4.79 Å². The van der Waals surface area contributed by atoms with Gasteiger partial charge in [-0.1, -0.05) is 18.2 Å². The summed E-state index contributed by atoms with van der Waals surface area (Å²) in [4.78, 5) is 12.6. The first-order chi connectivity index (χ1) is 6.27. The molecule has 2 aliphatic rings. The molecule has 0 spiro atoms. The van der Waals surface area contributed by atoms with E-state index in [4.69, 9.17) is 0 Å². The van der Waals surface area contributed by atoms with E-state index in [0.717, 1.165) is 29.7 Å². The fourth-order valence-corrected chi connectivity index (χ4v) is 1.94. The highest BCUT2D eigenvalue weighted by atomic mass is 32.1. The number of Topliss-reactive ketones (excluding diaryl/α,β-unsaturated/α-hetero) is 1. The minimum absolute atomic E-state index is 0.289. The van der Waals surface area contributed by atoms with Gasteiger partial charge in [-0.3, -0.25) is 4.79 Å². The normalized spacial score (nSPS) is 22.5. The van der Waals surface area contributed by atoms with Gasteiger partial charge in [-0.25, -0.2) is 0 Å². The zero-order chi connectivity index (χ0) is 9.26. The predicted molar refractivity (Wildman–Crippen MR) is 56.7 cm³/mol. The summed E-state index contributed by atoms with van der Waals surface area (Å²) < 4.78 is 0. The van der Waals surface area contributed by atoms with E-state index in [0.29, 0.717) is 6.42 Å². The fraction of sp³-hybridized carbons (Fsp3) is 0.364. The lowest BCUT2D eigenvalue weighted by molar-refractivity contribution is -0.115. The highest BCUT2D eigenvalue weighted by molar-refractivity contribution is 7.84. The molecule has 13 heavy (non-hydrogen) atoms. The molecule has 0 unspecified atom stereocenters. The Bertz CT molecular complexity index is 334. The van der Waals surface area contributed by atoms with Gasteiger partial charge in [0.1, 0.15) is 0 Å². The molecule has 0 N–H and O–H groups in total. The Morgan fingerprint density at radius 2 is 2.08 bits per heavy atom. The molecule has 2 aliphatic carbocycles. The van der Waals surface area contributed by atoms with Gasteiger partial charge in [0.25, 0.3) is 0 Å². The van der Waals surface area contributed by atoms with Crippen LogP contribution in [-0.4, -0.2) is 5.78 Å². The van der Waals surface area contributed by atoms with Crippen LogP contribution in [0.25, 0.3) is 0 Å². The first kappa shape index (κ1) is 8.82. The number of carbonyl (C=O) groups excluding carboxylic acids is 1. The maximum absolute atomic E-state index is 11.5. The van der Waals surface area contributed by atoms with Crippen molar-refractivity contribution in [2.45, 2.75) is 25.7 Å². The van der Waals surface area contributed by atoms with E-state index in [1.54, 1.807) is 0 Å². The molecular weight excluding hydrogens is 180 g/mol. The summed E-state index contributed by atoms with van der Waals surface area (Å²) in [5.41, 5.74) is 2.13. The first-order valence-electron chi connectivity index (χ1n) is 4.60. The highest BCUT2D eigenvalue weighted by Crippen LogP contribution is 2.29. The number of thiol groups is 1. The molecule has 1 saturated carbocycles. The zero-order valence-electron chi connectivity index (χ0n) is 7.42. The predicted octanol–water partition coefficient (Wildman–Crippen LogP) is 2.81. The average molecular weight is 192 g/mol. The van der Waals surface area contributed by atoms with Gasteiger partial charge in [-0.15, -0.1) is 12.6 Å². The van der Waals surface area contributed by atoms with E-state index in [9.17, 15) is 4.79 Å². The van der Waals surface area contributed by atoms with E-state index in [2.05, 4.69) is 18.7 Å². The quantitative estimate of drug-likeness (QED) is 0.584. The van der Waals surface area contributed by atoms with E-state index < -0.39 is 0 Å². The summed E-state index contributed by atoms with van der Waals surface area (Å²) in [6, 6.07) is 0. The number of fused-ring (bicyclic) bond motifs is 1. The summed E-state index contributed by atoms with van der Waals surface area (Å²) >= 11 is 4.30. The Hall–Kier alpha value is -0.760. The molecule has 0 aromatic heterocycles. The monoisotopic (exact) mass is 192 g/mol. The van der Waals surface area contributed by atoms with Crippen LogP contribution in [0.2, 0.25) is 0 Å². The van der Waals surface area contributed by atoms with Gasteiger partial charge in [0.05, 0.1) is 0 Å². The molecule has 1 fully saturated rings. The SMILES string of the molecule is O=C1CCCC2=CCC(S)=CC=C12. The molecule has 1 nitrogen and oxygen atoms in total. The molecule has 0 bridgehead atoms. The number of hydrogen-bond acceptors (Lipinski definition) is 2. The Labute approximate surface area is 83.6 Å². The lowest BCUT2D eigenvalue weighted by Gasteiger charge is -2.15. The second-order valence-electron chi connectivity index (χ2n) is 3.45. The minimum atomic E-state index is 0.289. The third kappa shape index (κ3) is 1.78. The smallest absolute Gasteiger partial charge is 0.163 e.